The fourth-order valence-electron chi connectivity index (χ4n) is 2.52. The predicted octanol–water partition coefficient (Wildman–Crippen LogP) is 3.67. The van der Waals surface area contributed by atoms with E-state index in [9.17, 15) is 4.79 Å². The van der Waals surface area contributed by atoms with Crippen molar-refractivity contribution in [3.8, 4) is 17.4 Å². The van der Waals surface area contributed by atoms with Crippen LogP contribution in [-0.4, -0.2) is 37.3 Å². The molecule has 1 heterocycles. The van der Waals surface area contributed by atoms with Gasteiger partial charge in [-0.25, -0.2) is 9.78 Å². The highest BCUT2D eigenvalue weighted by molar-refractivity contribution is 6.28. The fraction of sp³-hybridized carbons (Fsp3) is 0.211. The molecule has 2 aromatic carbocycles. The Kier molecular flexibility index (Phi) is 5.61. The van der Waals surface area contributed by atoms with Gasteiger partial charge in [-0.2, -0.15) is 4.98 Å². The summed E-state index contributed by atoms with van der Waals surface area (Å²) in [7, 11) is 4.43. The molecule has 1 aromatic heterocycles. The van der Waals surface area contributed by atoms with Crippen molar-refractivity contribution in [1.82, 2.24) is 9.97 Å². The zero-order chi connectivity index (χ0) is 19.4. The van der Waals surface area contributed by atoms with Crippen LogP contribution in [0.2, 0.25) is 5.28 Å². The number of halogens is 1. The minimum atomic E-state index is -0.392. The zero-order valence-electron chi connectivity index (χ0n) is 15.0. The molecule has 27 heavy (non-hydrogen) atoms. The van der Waals surface area contributed by atoms with Crippen LogP contribution < -0.4 is 14.2 Å². The number of aromatic nitrogens is 2. The number of hydrogen-bond donors (Lipinski definition) is 0. The van der Waals surface area contributed by atoms with Crippen LogP contribution in [0.15, 0.2) is 36.4 Å². The fourth-order valence-corrected chi connectivity index (χ4v) is 2.68. The van der Waals surface area contributed by atoms with E-state index in [1.165, 1.54) is 7.11 Å². The molecule has 140 valence electrons. The van der Waals surface area contributed by atoms with Crippen molar-refractivity contribution < 1.29 is 23.7 Å². The molecule has 0 bridgehead atoms. The lowest BCUT2D eigenvalue weighted by atomic mass is 10.1. The first-order valence-electron chi connectivity index (χ1n) is 7.95. The smallest absolute Gasteiger partial charge is 0.337 e. The van der Waals surface area contributed by atoms with E-state index >= 15 is 0 Å². The molecule has 0 unspecified atom stereocenters. The molecule has 0 amide bonds. The second kappa shape index (κ2) is 8.09. The van der Waals surface area contributed by atoms with Crippen LogP contribution in [-0.2, 0) is 11.3 Å². The molecule has 0 spiro atoms. The predicted molar refractivity (Wildman–Crippen MR) is 99.8 cm³/mol. The minimum absolute atomic E-state index is 0.0609. The summed E-state index contributed by atoms with van der Waals surface area (Å²) in [6.07, 6.45) is 0. The van der Waals surface area contributed by atoms with Gasteiger partial charge in [-0.15, -0.1) is 0 Å². The van der Waals surface area contributed by atoms with Gasteiger partial charge in [-0.05, 0) is 35.4 Å². The molecule has 0 aliphatic rings. The van der Waals surface area contributed by atoms with Crippen LogP contribution >= 0.6 is 11.6 Å². The Bertz CT molecular complexity index is 976. The molecule has 0 atom stereocenters. The SMILES string of the molecule is COC(=O)c1ccc(COc2nc(Cl)nc3cc(OC)c(OC)cc23)cc1. The summed E-state index contributed by atoms with van der Waals surface area (Å²) in [6, 6.07) is 10.3. The van der Waals surface area contributed by atoms with Gasteiger partial charge in [0.2, 0.25) is 11.2 Å². The Labute approximate surface area is 160 Å². The summed E-state index contributed by atoms with van der Waals surface area (Å²) in [6.45, 7) is 0.234. The van der Waals surface area contributed by atoms with Crippen molar-refractivity contribution >= 4 is 28.5 Å². The van der Waals surface area contributed by atoms with Gasteiger partial charge in [0.15, 0.2) is 11.5 Å². The Morgan fingerprint density at radius 1 is 1.00 bits per heavy atom. The van der Waals surface area contributed by atoms with E-state index in [-0.39, 0.29) is 11.9 Å². The van der Waals surface area contributed by atoms with Crippen LogP contribution in [0.5, 0.6) is 17.4 Å². The summed E-state index contributed by atoms with van der Waals surface area (Å²) < 4.78 is 21.1. The number of benzene rings is 2. The molecular formula is C19H17ClN2O5. The maximum absolute atomic E-state index is 11.5. The van der Waals surface area contributed by atoms with Gasteiger partial charge < -0.3 is 18.9 Å². The molecule has 3 aromatic rings. The number of nitrogens with zero attached hydrogens (tertiary/aromatic N) is 2. The highest BCUT2D eigenvalue weighted by atomic mass is 35.5. The normalized spacial score (nSPS) is 10.5. The number of esters is 1. The van der Waals surface area contributed by atoms with Gasteiger partial charge in [0.05, 0.1) is 37.8 Å². The van der Waals surface area contributed by atoms with E-state index in [1.54, 1.807) is 50.6 Å². The molecule has 8 heteroatoms. The minimum Gasteiger partial charge on any atom is -0.493 e. The second-order valence-electron chi connectivity index (χ2n) is 5.50. The molecule has 7 nitrogen and oxygen atoms in total. The zero-order valence-corrected chi connectivity index (χ0v) is 15.7. The van der Waals surface area contributed by atoms with E-state index in [0.717, 1.165) is 5.56 Å². The molecule has 0 N–H and O–H groups in total. The molecule has 3 rings (SSSR count). The van der Waals surface area contributed by atoms with E-state index in [4.69, 9.17) is 25.8 Å². The van der Waals surface area contributed by atoms with Crippen molar-refractivity contribution in [3.05, 3.63) is 52.8 Å². The van der Waals surface area contributed by atoms with Gasteiger partial charge in [0, 0.05) is 6.07 Å². The van der Waals surface area contributed by atoms with E-state index < -0.39 is 5.97 Å². The summed E-state index contributed by atoms with van der Waals surface area (Å²) in [5.74, 6) is 0.993. The lowest BCUT2D eigenvalue weighted by Crippen LogP contribution is -2.03. The first-order chi connectivity index (χ1) is 13.0. The van der Waals surface area contributed by atoms with Crippen molar-refractivity contribution in [2.45, 2.75) is 6.61 Å². The van der Waals surface area contributed by atoms with Gasteiger partial charge in [-0.3, -0.25) is 0 Å². The number of hydrogen-bond acceptors (Lipinski definition) is 7. The summed E-state index contributed by atoms with van der Waals surface area (Å²) >= 11 is 6.02. The van der Waals surface area contributed by atoms with Crippen molar-refractivity contribution in [2.75, 3.05) is 21.3 Å². The molecule has 0 saturated heterocycles. The van der Waals surface area contributed by atoms with Gasteiger partial charge in [0.1, 0.15) is 6.61 Å². The van der Waals surface area contributed by atoms with Crippen molar-refractivity contribution in [3.63, 3.8) is 0 Å². The number of ether oxygens (including phenoxy) is 4. The number of fused-ring (bicyclic) bond motifs is 1. The van der Waals surface area contributed by atoms with E-state index in [1.807, 2.05) is 0 Å². The lowest BCUT2D eigenvalue weighted by molar-refractivity contribution is 0.0600. The van der Waals surface area contributed by atoms with Crippen molar-refractivity contribution in [2.24, 2.45) is 0 Å². The van der Waals surface area contributed by atoms with Crippen LogP contribution in [0.3, 0.4) is 0 Å². The third-order valence-electron chi connectivity index (χ3n) is 3.89. The maximum Gasteiger partial charge on any atom is 0.337 e. The Hall–Kier alpha value is -3.06. The second-order valence-corrected chi connectivity index (χ2v) is 5.84. The highest BCUT2D eigenvalue weighted by Gasteiger charge is 2.14. The number of carbonyl (C=O) groups is 1. The highest BCUT2D eigenvalue weighted by Crippen LogP contribution is 2.35. The van der Waals surface area contributed by atoms with Crippen LogP contribution in [0.1, 0.15) is 15.9 Å². The molecular weight excluding hydrogens is 372 g/mol. The maximum atomic E-state index is 11.5. The van der Waals surface area contributed by atoms with Gasteiger partial charge >= 0.3 is 5.97 Å². The summed E-state index contributed by atoms with van der Waals surface area (Å²) in [5, 5.41) is 0.703. The molecule has 0 saturated carbocycles. The third kappa shape index (κ3) is 4.03. The monoisotopic (exact) mass is 388 g/mol. The van der Waals surface area contributed by atoms with Crippen LogP contribution in [0, 0.1) is 0 Å². The van der Waals surface area contributed by atoms with E-state index in [0.29, 0.717) is 33.8 Å². The summed E-state index contributed by atoms with van der Waals surface area (Å²) in [5.41, 5.74) is 1.89. The largest absolute Gasteiger partial charge is 0.493 e. The third-order valence-corrected chi connectivity index (χ3v) is 4.06. The molecule has 0 radical (unpaired) electrons. The average molecular weight is 389 g/mol. The first kappa shape index (κ1) is 18.7. The number of methoxy groups -OCH3 is 3. The van der Waals surface area contributed by atoms with Crippen LogP contribution in [0.4, 0.5) is 0 Å². The molecule has 0 aliphatic carbocycles. The average Bonchev–Trinajstić information content (AvgIpc) is 2.70. The van der Waals surface area contributed by atoms with Crippen LogP contribution in [0.25, 0.3) is 10.9 Å². The van der Waals surface area contributed by atoms with Gasteiger partial charge in [0.25, 0.3) is 0 Å². The number of rotatable bonds is 6. The van der Waals surface area contributed by atoms with Gasteiger partial charge in [-0.1, -0.05) is 12.1 Å². The summed E-state index contributed by atoms with van der Waals surface area (Å²) in [4.78, 5) is 19.9. The lowest BCUT2D eigenvalue weighted by Gasteiger charge is -2.12. The molecule has 0 fully saturated rings. The quantitative estimate of drug-likeness (QED) is 0.470. The standard InChI is InChI=1S/C19H17ClN2O5/c1-24-15-8-13-14(9-16(15)25-2)21-19(20)22-17(13)27-10-11-4-6-12(7-5-11)18(23)26-3/h4-9H,10H2,1-3H3. The number of carbonyl (C=O) groups excluding carboxylic acids is 1. The van der Waals surface area contributed by atoms with E-state index in [2.05, 4.69) is 14.7 Å². The Morgan fingerprint density at radius 2 is 1.67 bits per heavy atom. The van der Waals surface area contributed by atoms with Crippen molar-refractivity contribution in [1.29, 1.82) is 0 Å². The Morgan fingerprint density at radius 3 is 2.30 bits per heavy atom. The molecule has 0 aliphatic heterocycles. The topological polar surface area (TPSA) is 79.8 Å². The first-order valence-corrected chi connectivity index (χ1v) is 8.33. The Balaban J connectivity index is 1.89.